The normalized spacial score (nSPS) is 20.3. The number of benzene rings is 2. The molecular weight excluding hydrogens is 538 g/mol. The Bertz CT molecular complexity index is 1190. The van der Waals surface area contributed by atoms with Gasteiger partial charge in [0.25, 0.3) is 0 Å². The number of ether oxygens (including phenoxy) is 1. The van der Waals surface area contributed by atoms with Gasteiger partial charge >= 0.3 is 0 Å². The second-order valence-corrected chi connectivity index (χ2v) is 12.4. The SMILES string of the molecule is CCOc1ccccc1CN1CCCN(C(C)=O)c2ccccc2CN(CC(=O)N2CCC(N3CCCCC3)CC2)CC1. The minimum Gasteiger partial charge on any atom is -0.494 e. The maximum Gasteiger partial charge on any atom is 0.236 e. The third-order valence-corrected chi connectivity index (χ3v) is 9.39. The molecule has 2 saturated heterocycles. The summed E-state index contributed by atoms with van der Waals surface area (Å²) in [6.07, 6.45) is 7.00. The van der Waals surface area contributed by atoms with E-state index >= 15 is 0 Å². The average Bonchev–Trinajstić information content (AvgIpc) is 3.06. The quantitative estimate of drug-likeness (QED) is 0.470. The first-order valence-corrected chi connectivity index (χ1v) is 16.5. The van der Waals surface area contributed by atoms with Crippen LogP contribution in [-0.4, -0.2) is 103 Å². The molecule has 43 heavy (non-hydrogen) atoms. The van der Waals surface area contributed by atoms with Crippen molar-refractivity contribution in [3.8, 4) is 5.75 Å². The fraction of sp³-hybridized carbons (Fsp3) is 0.600. The molecule has 2 fully saturated rings. The van der Waals surface area contributed by atoms with E-state index < -0.39 is 0 Å². The van der Waals surface area contributed by atoms with E-state index in [0.717, 1.165) is 75.5 Å². The van der Waals surface area contributed by atoms with Gasteiger partial charge < -0.3 is 19.4 Å². The fourth-order valence-electron chi connectivity index (χ4n) is 7.04. The number of amides is 2. The Balaban J connectivity index is 1.30. The van der Waals surface area contributed by atoms with Gasteiger partial charge in [-0.3, -0.25) is 19.4 Å². The van der Waals surface area contributed by atoms with Crippen molar-refractivity contribution in [2.45, 2.75) is 71.5 Å². The van der Waals surface area contributed by atoms with Crippen molar-refractivity contribution in [1.82, 2.24) is 19.6 Å². The maximum absolute atomic E-state index is 13.7. The molecule has 0 bridgehead atoms. The molecule has 0 N–H and O–H groups in total. The standard InChI is InChI=1S/C35H51N5O3/c1-3-43-34-15-8-6-13-31(34)27-36-18-11-21-40(29(2)41)33-14-7-5-12-30(33)26-37(25-24-36)28-35(42)39-22-16-32(17-23-39)38-19-9-4-10-20-38/h5-8,12-15,32H,3-4,9-11,16-28H2,1-2H3. The van der Waals surface area contributed by atoms with Gasteiger partial charge in [-0.15, -0.1) is 0 Å². The smallest absolute Gasteiger partial charge is 0.236 e. The summed E-state index contributed by atoms with van der Waals surface area (Å²) in [6.45, 7) is 13.4. The number of piperidine rings is 2. The fourth-order valence-corrected chi connectivity index (χ4v) is 7.04. The van der Waals surface area contributed by atoms with Gasteiger partial charge in [0.2, 0.25) is 11.8 Å². The summed E-state index contributed by atoms with van der Waals surface area (Å²) in [6, 6.07) is 17.1. The molecule has 0 atom stereocenters. The number of rotatable bonds is 7. The largest absolute Gasteiger partial charge is 0.494 e. The van der Waals surface area contributed by atoms with E-state index in [9.17, 15) is 9.59 Å². The topological polar surface area (TPSA) is 59.6 Å². The number of anilines is 1. The number of hydrogen-bond donors (Lipinski definition) is 0. The van der Waals surface area contributed by atoms with E-state index in [1.54, 1.807) is 6.92 Å². The van der Waals surface area contributed by atoms with Gasteiger partial charge in [0.15, 0.2) is 0 Å². The lowest BCUT2D eigenvalue weighted by atomic mass is 10.00. The molecule has 2 aromatic rings. The molecule has 3 aliphatic rings. The molecule has 3 aliphatic heterocycles. The van der Waals surface area contributed by atoms with Crippen LogP contribution in [0.2, 0.25) is 0 Å². The molecule has 234 valence electrons. The average molecular weight is 590 g/mol. The molecule has 5 rings (SSSR count). The van der Waals surface area contributed by atoms with Gasteiger partial charge in [-0.1, -0.05) is 42.8 Å². The monoisotopic (exact) mass is 589 g/mol. The molecule has 0 radical (unpaired) electrons. The lowest BCUT2D eigenvalue weighted by molar-refractivity contribution is -0.134. The van der Waals surface area contributed by atoms with E-state index in [1.165, 1.54) is 37.9 Å². The van der Waals surface area contributed by atoms with Crippen LogP contribution in [0.1, 0.15) is 63.5 Å². The first-order valence-electron chi connectivity index (χ1n) is 16.5. The van der Waals surface area contributed by atoms with Crippen LogP contribution in [0.5, 0.6) is 5.75 Å². The number of carbonyl (C=O) groups is 2. The van der Waals surface area contributed by atoms with Crippen molar-refractivity contribution >= 4 is 17.5 Å². The third kappa shape index (κ3) is 8.58. The molecule has 0 unspecified atom stereocenters. The number of fused-ring (bicyclic) bond motifs is 1. The summed E-state index contributed by atoms with van der Waals surface area (Å²) < 4.78 is 5.93. The summed E-state index contributed by atoms with van der Waals surface area (Å²) >= 11 is 0. The van der Waals surface area contributed by atoms with E-state index in [4.69, 9.17) is 4.74 Å². The highest BCUT2D eigenvalue weighted by Crippen LogP contribution is 2.26. The highest BCUT2D eigenvalue weighted by atomic mass is 16.5. The summed E-state index contributed by atoms with van der Waals surface area (Å²) in [5.41, 5.74) is 3.24. The second-order valence-electron chi connectivity index (χ2n) is 12.4. The minimum atomic E-state index is 0.0548. The molecule has 2 amide bonds. The van der Waals surface area contributed by atoms with Crippen LogP contribution in [0.3, 0.4) is 0 Å². The Morgan fingerprint density at radius 1 is 0.791 bits per heavy atom. The molecular formula is C35H51N5O3. The van der Waals surface area contributed by atoms with Crippen LogP contribution < -0.4 is 9.64 Å². The van der Waals surface area contributed by atoms with E-state index in [0.29, 0.717) is 32.3 Å². The van der Waals surface area contributed by atoms with Crippen LogP contribution >= 0.6 is 0 Å². The predicted octanol–water partition coefficient (Wildman–Crippen LogP) is 4.62. The highest BCUT2D eigenvalue weighted by Gasteiger charge is 2.29. The van der Waals surface area contributed by atoms with Crippen LogP contribution in [0, 0.1) is 0 Å². The molecule has 8 nitrogen and oxygen atoms in total. The summed E-state index contributed by atoms with van der Waals surface area (Å²) in [5, 5.41) is 0. The Kier molecular flexibility index (Phi) is 11.5. The summed E-state index contributed by atoms with van der Waals surface area (Å²) in [5.74, 6) is 1.21. The molecule has 0 aromatic heterocycles. The van der Waals surface area contributed by atoms with Crippen molar-refractivity contribution in [3.05, 3.63) is 59.7 Å². The maximum atomic E-state index is 13.7. The molecule has 2 aromatic carbocycles. The van der Waals surface area contributed by atoms with Crippen LogP contribution in [-0.2, 0) is 22.7 Å². The van der Waals surface area contributed by atoms with Crippen LogP contribution in [0.15, 0.2) is 48.5 Å². The van der Waals surface area contributed by atoms with Gasteiger partial charge in [0, 0.05) is 76.6 Å². The van der Waals surface area contributed by atoms with E-state index in [-0.39, 0.29) is 11.8 Å². The van der Waals surface area contributed by atoms with Gasteiger partial charge in [-0.25, -0.2) is 0 Å². The highest BCUT2D eigenvalue weighted by molar-refractivity contribution is 5.92. The van der Waals surface area contributed by atoms with E-state index in [2.05, 4.69) is 43.9 Å². The lowest BCUT2D eigenvalue weighted by Crippen LogP contribution is -2.50. The van der Waals surface area contributed by atoms with Crippen LogP contribution in [0.25, 0.3) is 0 Å². The number of nitrogens with zero attached hydrogens (tertiary/aromatic N) is 5. The number of para-hydroxylation sites is 2. The van der Waals surface area contributed by atoms with Crippen molar-refractivity contribution in [2.24, 2.45) is 0 Å². The first kappa shape index (κ1) is 31.5. The summed E-state index contributed by atoms with van der Waals surface area (Å²) in [4.78, 5) is 38.0. The predicted molar refractivity (Wildman–Crippen MR) is 172 cm³/mol. The third-order valence-electron chi connectivity index (χ3n) is 9.39. The number of carbonyl (C=O) groups excluding carboxylic acids is 2. The van der Waals surface area contributed by atoms with Crippen molar-refractivity contribution < 1.29 is 14.3 Å². The Labute approximate surface area is 258 Å². The molecule has 3 heterocycles. The van der Waals surface area contributed by atoms with Gasteiger partial charge in [0.1, 0.15) is 5.75 Å². The number of hydrogen-bond acceptors (Lipinski definition) is 6. The lowest BCUT2D eigenvalue weighted by Gasteiger charge is -2.40. The Morgan fingerprint density at radius 2 is 1.51 bits per heavy atom. The zero-order valence-electron chi connectivity index (χ0n) is 26.4. The molecule has 8 heteroatoms. The molecule has 0 saturated carbocycles. The van der Waals surface area contributed by atoms with Gasteiger partial charge in [0.05, 0.1) is 13.2 Å². The van der Waals surface area contributed by atoms with Crippen LogP contribution in [0.4, 0.5) is 5.69 Å². The minimum absolute atomic E-state index is 0.0548. The first-order chi connectivity index (χ1) is 21.0. The molecule has 0 spiro atoms. The number of likely N-dealkylation sites (tertiary alicyclic amines) is 2. The van der Waals surface area contributed by atoms with Crippen molar-refractivity contribution in [1.29, 1.82) is 0 Å². The second kappa shape index (κ2) is 15.7. The summed E-state index contributed by atoms with van der Waals surface area (Å²) in [7, 11) is 0. The zero-order chi connectivity index (χ0) is 30.0. The van der Waals surface area contributed by atoms with Crippen molar-refractivity contribution in [2.75, 3.05) is 70.4 Å². The van der Waals surface area contributed by atoms with Crippen molar-refractivity contribution in [3.63, 3.8) is 0 Å². The molecule has 0 aliphatic carbocycles. The Morgan fingerprint density at radius 3 is 2.28 bits per heavy atom. The van der Waals surface area contributed by atoms with Gasteiger partial charge in [-0.2, -0.15) is 0 Å². The van der Waals surface area contributed by atoms with E-state index in [1.807, 2.05) is 36.1 Å². The Hall–Kier alpha value is -2.94. The zero-order valence-corrected chi connectivity index (χ0v) is 26.4. The van der Waals surface area contributed by atoms with Gasteiger partial charge in [-0.05, 0) is 69.8 Å².